The fraction of sp³-hybridized carbons (Fsp3) is 0.562. The van der Waals surface area contributed by atoms with E-state index in [0.29, 0.717) is 10.6 Å². The first-order valence-electron chi connectivity index (χ1n) is 7.50. The van der Waals surface area contributed by atoms with Gasteiger partial charge in [0.15, 0.2) is 0 Å². The number of nitrogens with two attached hydrogens (primary N) is 1. The van der Waals surface area contributed by atoms with Crippen LogP contribution < -0.4 is 10.6 Å². The van der Waals surface area contributed by atoms with Gasteiger partial charge in [-0.1, -0.05) is 31.4 Å². The Kier molecular flexibility index (Phi) is 5.30. The van der Waals surface area contributed by atoms with Crippen LogP contribution in [0.15, 0.2) is 18.2 Å². The van der Waals surface area contributed by atoms with E-state index in [4.69, 9.17) is 22.7 Å². The molecule has 3 N–H and O–H groups in total. The van der Waals surface area contributed by atoms with Crippen LogP contribution >= 0.6 is 11.6 Å². The van der Waals surface area contributed by atoms with Gasteiger partial charge in [0.1, 0.15) is 5.84 Å². The third-order valence-electron chi connectivity index (χ3n) is 4.14. The lowest BCUT2D eigenvalue weighted by atomic mass is 9.96. The number of benzene rings is 1. The second kappa shape index (κ2) is 6.98. The molecule has 20 heavy (non-hydrogen) atoms. The van der Waals surface area contributed by atoms with Crippen molar-refractivity contribution in [3.63, 3.8) is 0 Å². The molecule has 4 heteroatoms. The highest BCUT2D eigenvalue weighted by Gasteiger charge is 2.18. The van der Waals surface area contributed by atoms with Crippen LogP contribution in [0.25, 0.3) is 0 Å². The first-order chi connectivity index (χ1) is 9.61. The van der Waals surface area contributed by atoms with Crippen molar-refractivity contribution in [2.24, 2.45) is 11.7 Å². The predicted octanol–water partition coefficient (Wildman–Crippen LogP) is 4.03. The van der Waals surface area contributed by atoms with Crippen molar-refractivity contribution in [2.75, 3.05) is 18.0 Å². The molecule has 1 aromatic carbocycles. The van der Waals surface area contributed by atoms with Crippen molar-refractivity contribution in [1.29, 1.82) is 5.41 Å². The molecule has 110 valence electrons. The van der Waals surface area contributed by atoms with Crippen molar-refractivity contribution in [3.05, 3.63) is 28.8 Å². The molecule has 1 aliphatic heterocycles. The second-order valence-electron chi connectivity index (χ2n) is 5.65. The number of anilines is 1. The zero-order chi connectivity index (χ0) is 14.5. The number of halogens is 1. The van der Waals surface area contributed by atoms with Gasteiger partial charge in [0.2, 0.25) is 0 Å². The molecule has 0 saturated carbocycles. The van der Waals surface area contributed by atoms with Crippen molar-refractivity contribution in [2.45, 2.75) is 39.0 Å². The molecule has 1 aliphatic rings. The Morgan fingerprint density at radius 3 is 2.85 bits per heavy atom. The predicted molar refractivity (Wildman–Crippen MR) is 86.9 cm³/mol. The largest absolute Gasteiger partial charge is 0.384 e. The maximum atomic E-state index is 7.46. The number of amidine groups is 1. The highest BCUT2D eigenvalue weighted by molar-refractivity contribution is 6.33. The van der Waals surface area contributed by atoms with Gasteiger partial charge >= 0.3 is 0 Å². The smallest absolute Gasteiger partial charge is 0.122 e. The molecule has 1 aromatic rings. The third-order valence-corrected chi connectivity index (χ3v) is 4.45. The van der Waals surface area contributed by atoms with Gasteiger partial charge in [0.05, 0.1) is 10.7 Å². The summed E-state index contributed by atoms with van der Waals surface area (Å²) in [5.41, 5.74) is 7.27. The molecule has 1 saturated heterocycles. The molecule has 0 bridgehead atoms. The molecule has 0 aliphatic carbocycles. The lowest BCUT2D eigenvalue weighted by molar-refractivity contribution is 0.435. The van der Waals surface area contributed by atoms with E-state index in [1.807, 2.05) is 12.1 Å². The number of hydrogen-bond donors (Lipinski definition) is 2. The van der Waals surface area contributed by atoms with Crippen molar-refractivity contribution in [1.82, 2.24) is 0 Å². The topological polar surface area (TPSA) is 53.1 Å². The highest BCUT2D eigenvalue weighted by atomic mass is 35.5. The molecule has 0 amide bonds. The lowest BCUT2D eigenvalue weighted by Crippen LogP contribution is -2.24. The number of rotatable bonds is 4. The van der Waals surface area contributed by atoms with Crippen molar-refractivity contribution < 1.29 is 0 Å². The Hall–Kier alpha value is -1.22. The fourth-order valence-corrected chi connectivity index (χ4v) is 3.33. The Labute approximate surface area is 126 Å². The monoisotopic (exact) mass is 293 g/mol. The molecule has 1 atom stereocenters. The van der Waals surface area contributed by atoms with E-state index in [9.17, 15) is 0 Å². The summed E-state index contributed by atoms with van der Waals surface area (Å²) in [6, 6.07) is 5.69. The van der Waals surface area contributed by atoms with E-state index >= 15 is 0 Å². The minimum atomic E-state index is 0.0670. The van der Waals surface area contributed by atoms with Gasteiger partial charge in [-0.15, -0.1) is 0 Å². The number of nitrogen functional groups attached to an aromatic ring is 1. The third kappa shape index (κ3) is 3.66. The second-order valence-corrected chi connectivity index (χ2v) is 6.06. The normalized spacial score (nSPS) is 19.7. The van der Waals surface area contributed by atoms with Crippen LogP contribution in [0.1, 0.15) is 44.6 Å². The van der Waals surface area contributed by atoms with Gasteiger partial charge in [-0.25, -0.2) is 0 Å². The van der Waals surface area contributed by atoms with Gasteiger partial charge in [0.25, 0.3) is 0 Å². The lowest BCUT2D eigenvalue weighted by Gasteiger charge is -2.24. The number of nitrogens with one attached hydrogen (secondary N) is 1. The first kappa shape index (κ1) is 15.2. The van der Waals surface area contributed by atoms with Crippen molar-refractivity contribution in [3.8, 4) is 0 Å². The molecule has 3 nitrogen and oxygen atoms in total. The molecular weight excluding hydrogens is 270 g/mol. The molecule has 1 fully saturated rings. The summed E-state index contributed by atoms with van der Waals surface area (Å²) >= 11 is 6.36. The summed E-state index contributed by atoms with van der Waals surface area (Å²) in [6.45, 7) is 4.41. The Morgan fingerprint density at radius 2 is 2.20 bits per heavy atom. The first-order valence-corrected chi connectivity index (χ1v) is 7.88. The Bertz CT molecular complexity index is 473. The van der Waals surface area contributed by atoms with Gasteiger partial charge in [0, 0.05) is 18.7 Å². The van der Waals surface area contributed by atoms with E-state index in [-0.39, 0.29) is 5.84 Å². The van der Waals surface area contributed by atoms with Gasteiger partial charge in [-0.3, -0.25) is 5.41 Å². The highest BCUT2D eigenvalue weighted by Crippen LogP contribution is 2.30. The van der Waals surface area contributed by atoms with Gasteiger partial charge in [-0.2, -0.15) is 0 Å². The van der Waals surface area contributed by atoms with E-state index in [2.05, 4.69) is 11.8 Å². The summed E-state index contributed by atoms with van der Waals surface area (Å²) in [4.78, 5) is 2.38. The summed E-state index contributed by atoms with van der Waals surface area (Å²) in [7, 11) is 0. The maximum Gasteiger partial charge on any atom is 0.122 e. The summed E-state index contributed by atoms with van der Waals surface area (Å²) in [5, 5.41) is 8.16. The number of hydrogen-bond acceptors (Lipinski definition) is 2. The van der Waals surface area contributed by atoms with E-state index in [1.54, 1.807) is 6.07 Å². The average Bonchev–Trinajstić information content (AvgIpc) is 2.65. The molecule has 0 spiro atoms. The quantitative estimate of drug-likeness (QED) is 0.650. The van der Waals surface area contributed by atoms with Crippen LogP contribution in [-0.2, 0) is 0 Å². The zero-order valence-electron chi connectivity index (χ0n) is 12.2. The zero-order valence-corrected chi connectivity index (χ0v) is 12.9. The van der Waals surface area contributed by atoms with Crippen LogP contribution in [0.2, 0.25) is 5.02 Å². The molecular formula is C16H24ClN3. The molecule has 0 aromatic heterocycles. The van der Waals surface area contributed by atoms with Gasteiger partial charge < -0.3 is 10.6 Å². The summed E-state index contributed by atoms with van der Waals surface area (Å²) in [5.74, 6) is 0.928. The van der Waals surface area contributed by atoms with E-state index < -0.39 is 0 Å². The summed E-state index contributed by atoms with van der Waals surface area (Å²) < 4.78 is 0. The van der Waals surface area contributed by atoms with Crippen LogP contribution in [0.5, 0.6) is 0 Å². The minimum absolute atomic E-state index is 0.0670. The maximum absolute atomic E-state index is 7.46. The SMILES string of the molecule is CCCC1CCCN(c2ccc(C(=N)N)cc2Cl)CC1. The summed E-state index contributed by atoms with van der Waals surface area (Å²) in [6.07, 6.45) is 6.42. The fourth-order valence-electron chi connectivity index (χ4n) is 3.03. The van der Waals surface area contributed by atoms with Crippen LogP contribution in [0, 0.1) is 11.3 Å². The Balaban J connectivity index is 2.09. The average molecular weight is 294 g/mol. The van der Waals surface area contributed by atoms with Crippen LogP contribution in [0.4, 0.5) is 5.69 Å². The number of nitrogens with zero attached hydrogens (tertiary/aromatic N) is 1. The van der Waals surface area contributed by atoms with E-state index in [0.717, 1.165) is 24.7 Å². The van der Waals surface area contributed by atoms with E-state index in [1.165, 1.54) is 32.1 Å². The molecule has 1 heterocycles. The standard InChI is InChI=1S/C16H24ClN3/c1-2-4-12-5-3-9-20(10-8-12)15-7-6-13(16(18)19)11-14(15)17/h6-7,11-12H,2-5,8-10H2,1H3,(H3,18,19). The van der Waals surface area contributed by atoms with Crippen LogP contribution in [0.3, 0.4) is 0 Å². The molecule has 1 unspecified atom stereocenters. The van der Waals surface area contributed by atoms with Gasteiger partial charge in [-0.05, 0) is 43.4 Å². The molecule has 2 rings (SSSR count). The van der Waals surface area contributed by atoms with Crippen LogP contribution in [-0.4, -0.2) is 18.9 Å². The molecule has 0 radical (unpaired) electrons. The Morgan fingerprint density at radius 1 is 1.40 bits per heavy atom. The minimum Gasteiger partial charge on any atom is -0.384 e. The van der Waals surface area contributed by atoms with Crippen molar-refractivity contribution >= 4 is 23.1 Å².